The van der Waals surface area contributed by atoms with Crippen LogP contribution in [0.1, 0.15) is 11.1 Å². The summed E-state index contributed by atoms with van der Waals surface area (Å²) in [6.07, 6.45) is 0.964. The quantitative estimate of drug-likeness (QED) is 0.571. The maximum Gasteiger partial charge on any atom is 0.0716 e. The van der Waals surface area contributed by atoms with Crippen LogP contribution in [0.3, 0.4) is 0 Å². The average Bonchev–Trinajstić information content (AvgIpc) is 2.06. The molecule has 0 atom stereocenters. The standard InChI is InChI=1S/C9H8BN/c10-7-9-4-2-1-3-8(9)5-6-11/h1-4H,5,7H2. The van der Waals surface area contributed by atoms with E-state index in [1.165, 1.54) is 0 Å². The molecule has 0 N–H and O–H groups in total. The zero-order chi connectivity index (χ0) is 8.10. The first-order chi connectivity index (χ1) is 5.38. The second-order valence-electron chi connectivity index (χ2n) is 2.31. The number of hydrogen-bond acceptors (Lipinski definition) is 1. The highest BCUT2D eigenvalue weighted by molar-refractivity contribution is 6.08. The lowest BCUT2D eigenvalue weighted by Gasteiger charge is -2.01. The number of hydrogen-bond donors (Lipinski definition) is 0. The Morgan fingerprint density at radius 1 is 1.27 bits per heavy atom. The van der Waals surface area contributed by atoms with Crippen molar-refractivity contribution in [2.45, 2.75) is 12.7 Å². The van der Waals surface area contributed by atoms with Crippen LogP contribution in [0.15, 0.2) is 24.3 Å². The molecule has 0 fully saturated rings. The van der Waals surface area contributed by atoms with Crippen LogP contribution < -0.4 is 0 Å². The molecule has 0 heterocycles. The second-order valence-corrected chi connectivity index (χ2v) is 2.31. The van der Waals surface area contributed by atoms with Gasteiger partial charge in [-0.05, 0) is 5.56 Å². The number of nitriles is 1. The van der Waals surface area contributed by atoms with Gasteiger partial charge in [-0.1, -0.05) is 36.1 Å². The van der Waals surface area contributed by atoms with Gasteiger partial charge in [0.2, 0.25) is 0 Å². The van der Waals surface area contributed by atoms with Gasteiger partial charge in [0, 0.05) is 0 Å². The Kier molecular flexibility index (Phi) is 2.74. The van der Waals surface area contributed by atoms with E-state index in [4.69, 9.17) is 13.1 Å². The van der Waals surface area contributed by atoms with Gasteiger partial charge in [-0.15, -0.1) is 0 Å². The molecule has 0 unspecified atom stereocenters. The van der Waals surface area contributed by atoms with Crippen LogP contribution in [0.5, 0.6) is 0 Å². The van der Waals surface area contributed by atoms with Crippen molar-refractivity contribution in [2.24, 2.45) is 0 Å². The maximum atomic E-state index is 8.45. The minimum atomic E-state index is 0.452. The predicted octanol–water partition coefficient (Wildman–Crippen LogP) is 1.42. The van der Waals surface area contributed by atoms with E-state index in [-0.39, 0.29) is 0 Å². The first-order valence-corrected chi connectivity index (χ1v) is 3.52. The van der Waals surface area contributed by atoms with Crippen LogP contribution in [0.2, 0.25) is 0 Å². The lowest BCUT2D eigenvalue weighted by atomic mass is 9.92. The Morgan fingerprint density at radius 3 is 2.45 bits per heavy atom. The van der Waals surface area contributed by atoms with Crippen LogP contribution >= 0.6 is 0 Å². The zero-order valence-electron chi connectivity index (χ0n) is 6.25. The smallest absolute Gasteiger partial charge is 0.0716 e. The summed E-state index contributed by atoms with van der Waals surface area (Å²) < 4.78 is 0. The van der Waals surface area contributed by atoms with Gasteiger partial charge in [-0.3, -0.25) is 0 Å². The van der Waals surface area contributed by atoms with E-state index in [0.717, 1.165) is 11.1 Å². The number of benzene rings is 1. The maximum absolute atomic E-state index is 8.45. The van der Waals surface area contributed by atoms with Gasteiger partial charge in [0.25, 0.3) is 0 Å². The van der Waals surface area contributed by atoms with Crippen LogP contribution in [0.25, 0.3) is 0 Å². The molecule has 52 valence electrons. The van der Waals surface area contributed by atoms with Crippen molar-refractivity contribution >= 4 is 7.85 Å². The summed E-state index contributed by atoms with van der Waals surface area (Å²) in [5.74, 6) is 0. The summed E-state index contributed by atoms with van der Waals surface area (Å²) in [7, 11) is 5.47. The van der Waals surface area contributed by atoms with E-state index in [1.807, 2.05) is 24.3 Å². The number of nitrogens with zero attached hydrogens (tertiary/aromatic N) is 1. The van der Waals surface area contributed by atoms with Gasteiger partial charge in [-0.25, -0.2) is 0 Å². The minimum Gasteiger partial charge on any atom is -0.198 e. The van der Waals surface area contributed by atoms with Crippen LogP contribution in [-0.2, 0) is 12.7 Å². The van der Waals surface area contributed by atoms with Crippen molar-refractivity contribution in [3.05, 3.63) is 35.4 Å². The number of rotatable bonds is 2. The molecule has 1 nitrogen and oxygen atoms in total. The Labute approximate surface area is 68.1 Å². The Hall–Kier alpha value is -1.23. The SMILES string of the molecule is [B]Cc1ccccc1CC#N. The Morgan fingerprint density at radius 2 is 1.91 bits per heavy atom. The fraction of sp³-hybridized carbons (Fsp3) is 0.222. The molecule has 0 bridgehead atoms. The first kappa shape index (κ1) is 7.88. The second kappa shape index (κ2) is 3.83. The third kappa shape index (κ3) is 1.85. The lowest BCUT2D eigenvalue weighted by Crippen LogP contribution is -1.91. The minimum absolute atomic E-state index is 0.452. The summed E-state index contributed by atoms with van der Waals surface area (Å²) in [5.41, 5.74) is 2.10. The average molecular weight is 141 g/mol. The van der Waals surface area contributed by atoms with Crippen molar-refractivity contribution in [3.8, 4) is 6.07 Å². The molecule has 0 saturated heterocycles. The molecule has 0 aliphatic rings. The van der Waals surface area contributed by atoms with Gasteiger partial charge >= 0.3 is 0 Å². The summed E-state index contributed by atoms with van der Waals surface area (Å²) in [4.78, 5) is 0. The van der Waals surface area contributed by atoms with Gasteiger partial charge < -0.3 is 0 Å². The van der Waals surface area contributed by atoms with Crippen LogP contribution in [0.4, 0.5) is 0 Å². The molecular formula is C9H8BN. The monoisotopic (exact) mass is 141 g/mol. The molecule has 0 amide bonds. The van der Waals surface area contributed by atoms with Crippen LogP contribution in [-0.4, -0.2) is 7.85 Å². The van der Waals surface area contributed by atoms with Gasteiger partial charge in [0.05, 0.1) is 20.3 Å². The van der Waals surface area contributed by atoms with Gasteiger partial charge in [0.1, 0.15) is 0 Å². The largest absolute Gasteiger partial charge is 0.198 e. The van der Waals surface area contributed by atoms with Crippen molar-refractivity contribution in [2.75, 3.05) is 0 Å². The third-order valence-corrected chi connectivity index (χ3v) is 1.61. The molecule has 11 heavy (non-hydrogen) atoms. The van der Waals surface area contributed by atoms with E-state index >= 15 is 0 Å². The van der Waals surface area contributed by atoms with E-state index in [1.54, 1.807) is 0 Å². The molecule has 2 radical (unpaired) electrons. The third-order valence-electron chi connectivity index (χ3n) is 1.61. The Balaban J connectivity index is 2.94. The summed E-state index contributed by atoms with van der Waals surface area (Å²) in [6, 6.07) is 9.85. The first-order valence-electron chi connectivity index (χ1n) is 3.52. The zero-order valence-corrected chi connectivity index (χ0v) is 6.25. The molecular weight excluding hydrogens is 133 g/mol. The highest BCUT2D eigenvalue weighted by atomic mass is 14.2. The van der Waals surface area contributed by atoms with Crippen LogP contribution in [0, 0.1) is 11.3 Å². The molecule has 0 aliphatic carbocycles. The molecule has 1 rings (SSSR count). The van der Waals surface area contributed by atoms with E-state index in [0.29, 0.717) is 12.7 Å². The highest BCUT2D eigenvalue weighted by Gasteiger charge is 1.96. The van der Waals surface area contributed by atoms with E-state index in [2.05, 4.69) is 6.07 Å². The lowest BCUT2D eigenvalue weighted by molar-refractivity contribution is 1.20. The molecule has 0 aromatic heterocycles. The Bertz CT molecular complexity index is 275. The molecule has 0 saturated carbocycles. The van der Waals surface area contributed by atoms with E-state index in [9.17, 15) is 0 Å². The van der Waals surface area contributed by atoms with E-state index < -0.39 is 0 Å². The summed E-state index contributed by atoms with van der Waals surface area (Å²) in [6.45, 7) is 0. The normalized spacial score (nSPS) is 9.00. The summed E-state index contributed by atoms with van der Waals surface area (Å²) in [5, 5.41) is 8.45. The fourth-order valence-electron chi connectivity index (χ4n) is 1.01. The summed E-state index contributed by atoms with van der Waals surface area (Å²) >= 11 is 0. The van der Waals surface area contributed by atoms with Gasteiger partial charge in [-0.2, -0.15) is 5.26 Å². The predicted molar refractivity (Wildman–Crippen MR) is 45.2 cm³/mol. The van der Waals surface area contributed by atoms with Crippen molar-refractivity contribution in [1.82, 2.24) is 0 Å². The molecule has 0 aliphatic heterocycles. The van der Waals surface area contributed by atoms with Crippen molar-refractivity contribution in [3.63, 3.8) is 0 Å². The topological polar surface area (TPSA) is 23.8 Å². The molecule has 1 aromatic carbocycles. The molecule has 2 heteroatoms. The van der Waals surface area contributed by atoms with Gasteiger partial charge in [0.15, 0.2) is 0 Å². The molecule has 1 aromatic rings. The highest BCUT2D eigenvalue weighted by Crippen LogP contribution is 2.08. The fourth-order valence-corrected chi connectivity index (χ4v) is 1.01. The van der Waals surface area contributed by atoms with Crippen molar-refractivity contribution < 1.29 is 0 Å². The van der Waals surface area contributed by atoms with Crippen molar-refractivity contribution in [1.29, 1.82) is 5.26 Å². The molecule has 0 spiro atoms.